The lowest BCUT2D eigenvalue weighted by molar-refractivity contribution is 0.538. The minimum atomic E-state index is 0.0644. The van der Waals surface area contributed by atoms with Crippen LogP contribution in [0.5, 0.6) is 0 Å². The van der Waals surface area contributed by atoms with E-state index in [1.54, 1.807) is 0 Å². The molecule has 0 saturated carbocycles. The molecule has 0 saturated heterocycles. The second kappa shape index (κ2) is 50.5. The molecule has 0 aliphatic rings. The zero-order valence-electron chi connectivity index (χ0n) is 36.5. The molecule has 0 N–H and O–H groups in total. The van der Waals surface area contributed by atoms with Crippen LogP contribution in [0.2, 0.25) is 0 Å². The Balaban J connectivity index is 3.94. The molecule has 4 heteroatoms. The van der Waals surface area contributed by atoms with Crippen LogP contribution in [0.15, 0.2) is 0 Å². The van der Waals surface area contributed by atoms with Crippen molar-refractivity contribution in [2.75, 3.05) is 17.3 Å². The van der Waals surface area contributed by atoms with Gasteiger partial charge in [0, 0.05) is 0 Å². The molecule has 0 radical (unpaired) electrons. The molecule has 0 unspecified atom stereocenters. The van der Waals surface area contributed by atoms with Crippen molar-refractivity contribution in [3.63, 3.8) is 0 Å². The van der Waals surface area contributed by atoms with E-state index in [1.807, 2.05) is 0 Å². The molecule has 0 spiro atoms. The molecular formula is C48H99PS3. The Kier molecular flexibility index (Phi) is 51.9. The average Bonchev–Trinajstić information content (AvgIpc) is 3.15. The maximum atomic E-state index is 2.37. The lowest BCUT2D eigenvalue weighted by Gasteiger charge is -2.15. The normalized spacial score (nSPS) is 11.8. The van der Waals surface area contributed by atoms with Gasteiger partial charge in [0.05, 0.1) is 5.53 Å². The molecule has 314 valence electrons. The van der Waals surface area contributed by atoms with Crippen molar-refractivity contribution >= 4 is 39.7 Å². The highest BCUT2D eigenvalue weighted by molar-refractivity contribution is 9.12. The lowest BCUT2D eigenvalue weighted by atomic mass is 10.0. The summed E-state index contributed by atoms with van der Waals surface area (Å²) in [5.74, 6) is 4.25. The third-order valence-electron chi connectivity index (χ3n) is 11.1. The third kappa shape index (κ3) is 47.6. The molecule has 0 aromatic rings. The lowest BCUT2D eigenvalue weighted by Crippen LogP contribution is -1.85. The molecule has 0 aromatic heterocycles. The van der Waals surface area contributed by atoms with Gasteiger partial charge in [0.1, 0.15) is 0 Å². The summed E-state index contributed by atoms with van der Waals surface area (Å²) in [6.07, 6.45) is 61.7. The summed E-state index contributed by atoms with van der Waals surface area (Å²) < 4.78 is 0. The first kappa shape index (κ1) is 53.5. The van der Waals surface area contributed by atoms with Gasteiger partial charge in [-0.3, -0.25) is 0 Å². The summed E-state index contributed by atoms with van der Waals surface area (Å²) in [4.78, 5) is 0. The van der Waals surface area contributed by atoms with Gasteiger partial charge < -0.3 is 0 Å². The van der Waals surface area contributed by atoms with Gasteiger partial charge >= 0.3 is 0 Å². The minimum Gasteiger partial charge on any atom is -0.112 e. The summed E-state index contributed by atoms with van der Waals surface area (Å²) in [5, 5.41) is 0. The van der Waals surface area contributed by atoms with Crippen LogP contribution in [-0.2, 0) is 0 Å². The smallest absolute Gasteiger partial charge is 0.0729 e. The number of unbranched alkanes of at least 4 members (excludes halogenated alkanes) is 39. The fourth-order valence-corrected chi connectivity index (χ4v) is 18.3. The van der Waals surface area contributed by atoms with E-state index in [0.717, 1.165) is 0 Å². The number of hydrogen-bond donors (Lipinski definition) is 0. The Labute approximate surface area is 345 Å². The summed E-state index contributed by atoms with van der Waals surface area (Å²) in [5.41, 5.74) is 0.0644. The van der Waals surface area contributed by atoms with Gasteiger partial charge in [-0.05, 0) is 36.5 Å². The van der Waals surface area contributed by atoms with E-state index in [1.165, 1.54) is 287 Å². The Bertz CT molecular complexity index is 521. The molecule has 0 heterocycles. The molecule has 52 heavy (non-hydrogen) atoms. The van der Waals surface area contributed by atoms with Gasteiger partial charge in [-0.15, -0.1) is 34.1 Å². The van der Waals surface area contributed by atoms with Gasteiger partial charge in [-0.1, -0.05) is 271 Å². The zero-order valence-corrected chi connectivity index (χ0v) is 39.8. The van der Waals surface area contributed by atoms with Crippen LogP contribution < -0.4 is 0 Å². The van der Waals surface area contributed by atoms with Crippen molar-refractivity contribution < 1.29 is 0 Å². The van der Waals surface area contributed by atoms with Crippen molar-refractivity contribution in [1.82, 2.24) is 0 Å². The monoisotopic (exact) mass is 803 g/mol. The summed E-state index contributed by atoms with van der Waals surface area (Å²) in [6, 6.07) is 0. The highest BCUT2D eigenvalue weighted by Crippen LogP contribution is 2.70. The van der Waals surface area contributed by atoms with Crippen molar-refractivity contribution in [1.29, 1.82) is 0 Å². The summed E-state index contributed by atoms with van der Waals surface area (Å²) in [7, 11) is 0. The first-order valence-corrected chi connectivity index (χ1v) is 30.6. The van der Waals surface area contributed by atoms with Crippen LogP contribution in [0, 0.1) is 0 Å². The van der Waals surface area contributed by atoms with Crippen molar-refractivity contribution in [3.05, 3.63) is 0 Å². The summed E-state index contributed by atoms with van der Waals surface area (Å²) >= 11 is 7.11. The van der Waals surface area contributed by atoms with E-state index in [4.69, 9.17) is 0 Å². The highest BCUT2D eigenvalue weighted by Gasteiger charge is 2.11. The molecule has 0 aliphatic carbocycles. The number of rotatable bonds is 48. The standard InChI is InChI=1S/C48H99PS3/c1-4-7-10-13-16-19-22-25-28-31-34-37-40-43-46-50-49(51-47-44-41-38-35-32-29-26-23-20-17-14-11-8-5-2)52-48-45-42-39-36-33-30-27-24-21-18-15-12-9-6-3/h4-48H2,1-3H3. The highest BCUT2D eigenvalue weighted by atomic mass is 33.4. The van der Waals surface area contributed by atoms with E-state index >= 15 is 0 Å². The Morgan fingerprint density at radius 2 is 0.327 bits per heavy atom. The molecule has 0 aromatic carbocycles. The molecule has 0 nitrogen and oxygen atoms in total. The third-order valence-corrected chi connectivity index (χ3v) is 22.4. The quantitative estimate of drug-likeness (QED) is 0.0444. The SMILES string of the molecule is CCCCCCCCCCCCCCCCSP(SCCCCCCCCCCCCCCCC)SCCCCCCCCCCCCCCCC. The van der Waals surface area contributed by atoms with Crippen LogP contribution in [0.3, 0.4) is 0 Å². The molecule has 0 atom stereocenters. The van der Waals surface area contributed by atoms with Gasteiger partial charge in [-0.25, -0.2) is 0 Å². The molecular weight excluding hydrogens is 704 g/mol. The van der Waals surface area contributed by atoms with Crippen molar-refractivity contribution in [2.24, 2.45) is 0 Å². The fraction of sp³-hybridized carbons (Fsp3) is 1.00. The van der Waals surface area contributed by atoms with Crippen LogP contribution in [0.25, 0.3) is 0 Å². The van der Waals surface area contributed by atoms with Gasteiger partial charge in [0.25, 0.3) is 0 Å². The molecule has 0 fully saturated rings. The molecule has 0 amide bonds. The Morgan fingerprint density at radius 3 is 0.481 bits per heavy atom. The molecule has 0 aliphatic heterocycles. The topological polar surface area (TPSA) is 0 Å². The summed E-state index contributed by atoms with van der Waals surface area (Å²) in [6.45, 7) is 6.96. The van der Waals surface area contributed by atoms with Gasteiger partial charge in [0.2, 0.25) is 0 Å². The Hall–Kier alpha value is 1.48. The fourth-order valence-electron chi connectivity index (χ4n) is 7.42. The second-order valence-corrected chi connectivity index (χ2v) is 26.6. The van der Waals surface area contributed by atoms with E-state index < -0.39 is 0 Å². The number of hydrogen-bond acceptors (Lipinski definition) is 3. The first-order valence-electron chi connectivity index (χ1n) is 24.5. The maximum absolute atomic E-state index is 2.37. The predicted molar refractivity (Wildman–Crippen MR) is 255 cm³/mol. The zero-order chi connectivity index (χ0) is 37.5. The minimum absolute atomic E-state index is 0.0644. The largest absolute Gasteiger partial charge is 0.112 e. The van der Waals surface area contributed by atoms with E-state index in [0.29, 0.717) is 0 Å². The van der Waals surface area contributed by atoms with Crippen molar-refractivity contribution in [2.45, 2.75) is 290 Å². The van der Waals surface area contributed by atoms with Gasteiger partial charge in [-0.2, -0.15) is 0 Å². The van der Waals surface area contributed by atoms with Crippen LogP contribution in [-0.4, -0.2) is 17.3 Å². The second-order valence-electron chi connectivity index (χ2n) is 16.5. The van der Waals surface area contributed by atoms with Crippen LogP contribution >= 0.6 is 39.7 Å². The molecule has 0 rings (SSSR count). The predicted octanol–water partition coefficient (Wildman–Crippen LogP) is 20.9. The maximum Gasteiger partial charge on any atom is 0.0729 e. The van der Waals surface area contributed by atoms with E-state index in [2.05, 4.69) is 54.9 Å². The van der Waals surface area contributed by atoms with E-state index in [-0.39, 0.29) is 5.53 Å². The van der Waals surface area contributed by atoms with Crippen molar-refractivity contribution in [3.8, 4) is 0 Å². The van der Waals surface area contributed by atoms with Crippen LogP contribution in [0.1, 0.15) is 290 Å². The van der Waals surface area contributed by atoms with E-state index in [9.17, 15) is 0 Å². The average molecular weight is 803 g/mol. The Morgan fingerprint density at radius 1 is 0.192 bits per heavy atom. The molecule has 0 bridgehead atoms. The van der Waals surface area contributed by atoms with Crippen LogP contribution in [0.4, 0.5) is 0 Å². The first-order chi connectivity index (χ1) is 25.8. The van der Waals surface area contributed by atoms with Gasteiger partial charge in [0.15, 0.2) is 0 Å².